The predicted molar refractivity (Wildman–Crippen MR) is 117 cm³/mol. The summed E-state index contributed by atoms with van der Waals surface area (Å²) >= 11 is 1.40. The lowest BCUT2D eigenvalue weighted by Crippen LogP contribution is -2.47. The molecule has 7 heteroatoms. The van der Waals surface area contributed by atoms with Gasteiger partial charge in [0.1, 0.15) is 16.5 Å². The van der Waals surface area contributed by atoms with E-state index in [1.54, 1.807) is 24.3 Å². The first kappa shape index (κ1) is 21.6. The Morgan fingerprint density at radius 1 is 0.968 bits per heavy atom. The van der Waals surface area contributed by atoms with Crippen molar-refractivity contribution in [3.8, 4) is 0 Å². The first-order valence-electron chi connectivity index (χ1n) is 10.2. The third-order valence-electron chi connectivity index (χ3n) is 5.59. The van der Waals surface area contributed by atoms with E-state index < -0.39 is 0 Å². The van der Waals surface area contributed by atoms with Crippen molar-refractivity contribution in [2.75, 3.05) is 33.3 Å². The molecule has 0 unspecified atom stereocenters. The fraction of sp³-hybridized carbons (Fsp3) is 0.292. The van der Waals surface area contributed by atoms with Gasteiger partial charge in [0.05, 0.1) is 13.2 Å². The molecule has 1 aromatic heterocycles. The number of nitrogens with zero attached hydrogens (tertiary/aromatic N) is 2. The van der Waals surface area contributed by atoms with E-state index in [1.165, 1.54) is 42.7 Å². The van der Waals surface area contributed by atoms with Crippen LogP contribution in [0.2, 0.25) is 0 Å². The lowest BCUT2D eigenvalue weighted by Gasteiger charge is -2.39. The highest BCUT2D eigenvalue weighted by molar-refractivity contribution is 7.12. The van der Waals surface area contributed by atoms with Crippen LogP contribution in [0.15, 0.2) is 60.0 Å². The molecule has 0 spiro atoms. The maximum atomic E-state index is 13.5. The van der Waals surface area contributed by atoms with Crippen LogP contribution in [0.4, 0.5) is 8.78 Å². The molecule has 1 fully saturated rings. The molecule has 162 valence electrons. The largest absolute Gasteiger partial charge is 0.465 e. The zero-order chi connectivity index (χ0) is 21.8. The smallest absolute Gasteiger partial charge is 0.348 e. The minimum atomic E-state index is -0.303. The first-order chi connectivity index (χ1) is 15.0. The molecule has 0 radical (unpaired) electrons. The quantitative estimate of drug-likeness (QED) is 0.517. The molecule has 0 atom stereocenters. The van der Waals surface area contributed by atoms with Crippen molar-refractivity contribution in [2.24, 2.45) is 0 Å². The summed E-state index contributed by atoms with van der Waals surface area (Å²) in [5.74, 6) is -0.843. The summed E-state index contributed by atoms with van der Waals surface area (Å²) < 4.78 is 31.7. The fourth-order valence-corrected chi connectivity index (χ4v) is 4.83. The zero-order valence-corrected chi connectivity index (χ0v) is 18.1. The molecule has 3 aromatic rings. The molecule has 0 N–H and O–H groups in total. The van der Waals surface area contributed by atoms with Crippen molar-refractivity contribution in [2.45, 2.75) is 12.6 Å². The Kier molecular flexibility index (Phi) is 6.75. The van der Waals surface area contributed by atoms with Gasteiger partial charge in [0, 0.05) is 32.7 Å². The molecule has 1 aliphatic heterocycles. The predicted octanol–water partition coefficient (Wildman–Crippen LogP) is 4.72. The second kappa shape index (κ2) is 9.68. The van der Waals surface area contributed by atoms with Gasteiger partial charge in [0.25, 0.3) is 0 Å². The van der Waals surface area contributed by atoms with Crippen molar-refractivity contribution in [1.29, 1.82) is 0 Å². The van der Waals surface area contributed by atoms with Crippen LogP contribution in [0, 0.1) is 11.6 Å². The first-order valence-corrected chi connectivity index (χ1v) is 11.0. The van der Waals surface area contributed by atoms with E-state index in [9.17, 15) is 13.6 Å². The second-order valence-electron chi connectivity index (χ2n) is 7.63. The molecular weight excluding hydrogens is 418 g/mol. The topological polar surface area (TPSA) is 32.8 Å². The van der Waals surface area contributed by atoms with Gasteiger partial charge in [-0.2, -0.15) is 0 Å². The molecule has 1 saturated heterocycles. The third kappa shape index (κ3) is 5.18. The van der Waals surface area contributed by atoms with E-state index in [1.807, 2.05) is 11.4 Å². The summed E-state index contributed by atoms with van der Waals surface area (Å²) in [5, 5.41) is 2.00. The van der Waals surface area contributed by atoms with E-state index in [-0.39, 0.29) is 23.6 Å². The van der Waals surface area contributed by atoms with Crippen LogP contribution in [0.3, 0.4) is 0 Å². The van der Waals surface area contributed by atoms with E-state index >= 15 is 0 Å². The lowest BCUT2D eigenvalue weighted by molar-refractivity contribution is 0.0606. The van der Waals surface area contributed by atoms with Crippen molar-refractivity contribution in [3.05, 3.63) is 93.2 Å². The Morgan fingerprint density at radius 2 is 1.52 bits per heavy atom. The number of carbonyl (C=O) groups is 1. The lowest BCUT2D eigenvalue weighted by atomic mass is 9.96. The Bertz CT molecular complexity index is 967. The molecular formula is C24H24F2N2O2S. The normalized spacial score (nSPS) is 15.4. The molecule has 1 aliphatic rings. The zero-order valence-electron chi connectivity index (χ0n) is 17.3. The van der Waals surface area contributed by atoms with E-state index in [0.29, 0.717) is 4.88 Å². The van der Waals surface area contributed by atoms with Crippen LogP contribution >= 0.6 is 11.3 Å². The van der Waals surface area contributed by atoms with Gasteiger partial charge in [0.15, 0.2) is 0 Å². The number of carbonyl (C=O) groups excluding carboxylic acids is 1. The number of thiophene rings is 1. The number of methoxy groups -OCH3 is 1. The van der Waals surface area contributed by atoms with Gasteiger partial charge >= 0.3 is 5.97 Å². The summed E-state index contributed by atoms with van der Waals surface area (Å²) in [7, 11) is 1.39. The molecule has 0 amide bonds. The number of benzene rings is 2. The van der Waals surface area contributed by atoms with Gasteiger partial charge < -0.3 is 4.74 Å². The van der Waals surface area contributed by atoms with Gasteiger partial charge in [-0.25, -0.2) is 13.6 Å². The summed E-state index contributed by atoms with van der Waals surface area (Å²) in [4.78, 5) is 17.0. The van der Waals surface area contributed by atoms with Gasteiger partial charge in [-0.15, -0.1) is 11.3 Å². The summed E-state index contributed by atoms with van der Waals surface area (Å²) in [5.41, 5.74) is 3.08. The number of hydrogen-bond acceptors (Lipinski definition) is 5. The number of ether oxygens (including phenoxy) is 1. The third-order valence-corrected chi connectivity index (χ3v) is 6.55. The Labute approximate surface area is 184 Å². The monoisotopic (exact) mass is 442 g/mol. The van der Waals surface area contributed by atoms with E-state index in [4.69, 9.17) is 4.74 Å². The number of piperazine rings is 1. The molecule has 0 saturated carbocycles. The Balaban J connectivity index is 1.46. The molecule has 4 nitrogen and oxygen atoms in total. The summed E-state index contributed by atoms with van der Waals surface area (Å²) in [6.45, 7) is 4.16. The van der Waals surface area contributed by atoms with Crippen molar-refractivity contribution < 1.29 is 18.3 Å². The van der Waals surface area contributed by atoms with Gasteiger partial charge in [-0.3, -0.25) is 9.80 Å². The average molecular weight is 443 g/mol. The molecule has 0 aliphatic carbocycles. The standard InChI is InChI=1S/C24H24F2N2O2S/c1-30-24(29)22-14-17(16-31-22)15-27-10-12-28(13-11-27)23(18-2-6-20(25)7-3-18)19-4-8-21(26)9-5-19/h2-9,14,16,23H,10-13,15H2,1H3. The van der Waals surface area contributed by atoms with Crippen LogP contribution in [0.5, 0.6) is 0 Å². The second-order valence-corrected chi connectivity index (χ2v) is 8.54. The van der Waals surface area contributed by atoms with Crippen LogP contribution in [0.1, 0.15) is 32.4 Å². The molecule has 2 aromatic carbocycles. The number of halogens is 2. The minimum Gasteiger partial charge on any atom is -0.465 e. The van der Waals surface area contributed by atoms with Crippen LogP contribution in [-0.2, 0) is 11.3 Å². The van der Waals surface area contributed by atoms with Gasteiger partial charge in [-0.05, 0) is 52.4 Å². The number of esters is 1. The SMILES string of the molecule is COC(=O)c1cc(CN2CCN(C(c3ccc(F)cc3)c3ccc(F)cc3)CC2)cs1. The van der Waals surface area contributed by atoms with Gasteiger partial charge in [-0.1, -0.05) is 24.3 Å². The molecule has 2 heterocycles. The van der Waals surface area contributed by atoms with Crippen LogP contribution in [0.25, 0.3) is 0 Å². The van der Waals surface area contributed by atoms with Gasteiger partial charge in [0.2, 0.25) is 0 Å². The summed E-state index contributed by atoms with van der Waals surface area (Å²) in [6.07, 6.45) is 0. The number of hydrogen-bond donors (Lipinski definition) is 0. The fourth-order valence-electron chi connectivity index (χ4n) is 4.01. The molecule has 0 bridgehead atoms. The molecule has 4 rings (SSSR count). The highest BCUT2D eigenvalue weighted by atomic mass is 32.1. The Hall–Kier alpha value is -2.61. The average Bonchev–Trinajstić information content (AvgIpc) is 3.25. The highest BCUT2D eigenvalue weighted by Gasteiger charge is 2.27. The molecule has 31 heavy (non-hydrogen) atoms. The van der Waals surface area contributed by atoms with Crippen LogP contribution < -0.4 is 0 Å². The van der Waals surface area contributed by atoms with E-state index in [0.717, 1.165) is 49.4 Å². The van der Waals surface area contributed by atoms with E-state index in [2.05, 4.69) is 9.80 Å². The van der Waals surface area contributed by atoms with Crippen molar-refractivity contribution in [3.63, 3.8) is 0 Å². The maximum absolute atomic E-state index is 13.5. The Morgan fingerprint density at radius 3 is 2.03 bits per heavy atom. The maximum Gasteiger partial charge on any atom is 0.348 e. The van der Waals surface area contributed by atoms with Crippen molar-refractivity contribution in [1.82, 2.24) is 9.80 Å². The summed E-state index contributed by atoms with van der Waals surface area (Å²) in [6, 6.07) is 14.9. The number of rotatable bonds is 6. The van der Waals surface area contributed by atoms with Crippen LogP contribution in [-0.4, -0.2) is 49.1 Å². The minimum absolute atomic E-state index is 0.0598. The van der Waals surface area contributed by atoms with Crippen molar-refractivity contribution >= 4 is 17.3 Å². The highest BCUT2D eigenvalue weighted by Crippen LogP contribution is 2.30.